The first-order valence-corrected chi connectivity index (χ1v) is 8.52. The first-order valence-electron chi connectivity index (χ1n) is 8.52. The Balaban J connectivity index is 1.68. The number of ether oxygens (including phenoxy) is 1. The number of hydrogen-bond acceptors (Lipinski definition) is 3. The van der Waals surface area contributed by atoms with Crippen LogP contribution in [0.25, 0.3) is 0 Å². The molecule has 3 rings (SSSR count). The van der Waals surface area contributed by atoms with Crippen LogP contribution < -0.4 is 15.4 Å². The zero-order valence-electron chi connectivity index (χ0n) is 14.2. The van der Waals surface area contributed by atoms with Crippen molar-refractivity contribution in [2.75, 3.05) is 6.54 Å². The monoisotopic (exact) mass is 338 g/mol. The van der Waals surface area contributed by atoms with Crippen LogP contribution in [0.5, 0.6) is 11.5 Å². The van der Waals surface area contributed by atoms with Crippen LogP contribution in [0.3, 0.4) is 0 Å². The van der Waals surface area contributed by atoms with Crippen molar-refractivity contribution in [3.8, 4) is 11.5 Å². The number of carbonyl (C=O) groups is 2. The Kier molecular flexibility index (Phi) is 5.33. The molecule has 0 radical (unpaired) electrons. The molecular weight excluding hydrogens is 316 g/mol. The highest BCUT2D eigenvalue weighted by atomic mass is 16.5. The second-order valence-corrected chi connectivity index (χ2v) is 6.22. The van der Waals surface area contributed by atoms with Crippen LogP contribution >= 0.6 is 0 Å². The van der Waals surface area contributed by atoms with E-state index in [-0.39, 0.29) is 23.8 Å². The minimum atomic E-state index is -0.190. The lowest BCUT2D eigenvalue weighted by atomic mass is 9.97. The molecule has 0 aromatic heterocycles. The van der Waals surface area contributed by atoms with Gasteiger partial charge in [-0.3, -0.25) is 9.59 Å². The number of piperidine rings is 1. The lowest BCUT2D eigenvalue weighted by Crippen LogP contribution is -2.43. The van der Waals surface area contributed by atoms with Crippen molar-refractivity contribution in [1.29, 1.82) is 0 Å². The van der Waals surface area contributed by atoms with Crippen LogP contribution in [0.1, 0.15) is 31.4 Å². The van der Waals surface area contributed by atoms with E-state index >= 15 is 0 Å². The summed E-state index contributed by atoms with van der Waals surface area (Å²) in [4.78, 5) is 23.7. The number of hydrogen-bond donors (Lipinski definition) is 2. The normalized spacial score (nSPS) is 18.1. The molecule has 0 bridgehead atoms. The van der Waals surface area contributed by atoms with Gasteiger partial charge in [0.2, 0.25) is 11.8 Å². The molecule has 0 saturated carbocycles. The number of para-hydroxylation sites is 2. The van der Waals surface area contributed by atoms with Gasteiger partial charge in [-0.25, -0.2) is 0 Å². The van der Waals surface area contributed by atoms with E-state index in [2.05, 4.69) is 10.6 Å². The van der Waals surface area contributed by atoms with Crippen LogP contribution in [0, 0.1) is 5.92 Å². The van der Waals surface area contributed by atoms with Crippen molar-refractivity contribution >= 4 is 11.8 Å². The summed E-state index contributed by atoms with van der Waals surface area (Å²) < 4.78 is 5.96. The second-order valence-electron chi connectivity index (χ2n) is 6.22. The topological polar surface area (TPSA) is 67.4 Å². The Labute approximate surface area is 147 Å². The molecule has 5 nitrogen and oxygen atoms in total. The zero-order valence-corrected chi connectivity index (χ0v) is 14.2. The molecular formula is C20H22N2O3. The van der Waals surface area contributed by atoms with Crippen molar-refractivity contribution in [2.24, 2.45) is 5.92 Å². The third-order valence-electron chi connectivity index (χ3n) is 4.35. The first kappa shape index (κ1) is 17.0. The highest BCUT2D eigenvalue weighted by Gasteiger charge is 2.26. The second kappa shape index (κ2) is 7.83. The Bertz CT molecular complexity index is 736. The molecule has 1 aliphatic rings. The molecule has 25 heavy (non-hydrogen) atoms. The van der Waals surface area contributed by atoms with Gasteiger partial charge in [0.1, 0.15) is 11.5 Å². The van der Waals surface area contributed by atoms with E-state index in [1.807, 2.05) is 61.5 Å². The van der Waals surface area contributed by atoms with Gasteiger partial charge in [0, 0.05) is 18.5 Å². The third-order valence-corrected chi connectivity index (χ3v) is 4.35. The van der Waals surface area contributed by atoms with E-state index < -0.39 is 0 Å². The Morgan fingerprint density at radius 2 is 1.88 bits per heavy atom. The van der Waals surface area contributed by atoms with Crippen LogP contribution in [0.4, 0.5) is 0 Å². The largest absolute Gasteiger partial charge is 0.457 e. The van der Waals surface area contributed by atoms with Crippen LogP contribution in [0.2, 0.25) is 0 Å². The molecule has 0 spiro atoms. The summed E-state index contributed by atoms with van der Waals surface area (Å²) in [5.74, 6) is 1.27. The van der Waals surface area contributed by atoms with Crippen LogP contribution in [-0.4, -0.2) is 18.4 Å². The van der Waals surface area contributed by atoms with Gasteiger partial charge in [-0.1, -0.05) is 36.4 Å². The van der Waals surface area contributed by atoms with Crippen LogP contribution in [0.15, 0.2) is 54.6 Å². The molecule has 1 heterocycles. The van der Waals surface area contributed by atoms with Crippen LogP contribution in [-0.2, 0) is 9.59 Å². The maximum Gasteiger partial charge on any atom is 0.225 e. The number of carbonyl (C=O) groups excluding carboxylic acids is 2. The Hall–Kier alpha value is -2.82. The summed E-state index contributed by atoms with van der Waals surface area (Å²) in [5, 5.41) is 5.78. The van der Waals surface area contributed by atoms with Gasteiger partial charge in [0.15, 0.2) is 0 Å². The molecule has 2 aromatic rings. The summed E-state index contributed by atoms with van der Waals surface area (Å²) in [6.07, 6.45) is 0.993. The molecule has 2 atom stereocenters. The summed E-state index contributed by atoms with van der Waals surface area (Å²) in [7, 11) is 0. The number of benzene rings is 2. The smallest absolute Gasteiger partial charge is 0.225 e. The fraction of sp³-hybridized carbons (Fsp3) is 0.300. The quantitative estimate of drug-likeness (QED) is 0.880. The summed E-state index contributed by atoms with van der Waals surface area (Å²) in [6.45, 7) is 2.34. The number of amides is 2. The van der Waals surface area contributed by atoms with Crippen molar-refractivity contribution in [2.45, 2.75) is 25.8 Å². The standard InChI is InChI=1S/C20H22N2O3/c1-14(22-20(24)15-11-12-19(23)21-13-15)17-9-5-6-10-18(17)25-16-7-3-2-4-8-16/h2-10,14-15H,11-13H2,1H3,(H,21,23)(H,22,24)/t14-,15+/m0/s1. The highest BCUT2D eigenvalue weighted by molar-refractivity contribution is 5.84. The van der Waals surface area contributed by atoms with E-state index in [1.165, 1.54) is 0 Å². The molecule has 130 valence electrons. The number of rotatable bonds is 5. The lowest BCUT2D eigenvalue weighted by molar-refractivity contribution is -0.129. The predicted octanol–water partition coefficient (Wildman–Crippen LogP) is 3.18. The van der Waals surface area contributed by atoms with Gasteiger partial charge < -0.3 is 15.4 Å². The van der Waals surface area contributed by atoms with Crippen molar-refractivity contribution in [3.63, 3.8) is 0 Å². The molecule has 2 aromatic carbocycles. The maximum absolute atomic E-state index is 12.5. The zero-order chi connectivity index (χ0) is 17.6. The molecule has 2 amide bonds. The Morgan fingerprint density at radius 1 is 1.16 bits per heavy atom. The average molecular weight is 338 g/mol. The fourth-order valence-electron chi connectivity index (χ4n) is 2.91. The van der Waals surface area contributed by atoms with Gasteiger partial charge in [-0.05, 0) is 31.5 Å². The van der Waals surface area contributed by atoms with Gasteiger partial charge in [-0.2, -0.15) is 0 Å². The van der Waals surface area contributed by atoms with Crippen molar-refractivity contribution < 1.29 is 14.3 Å². The van der Waals surface area contributed by atoms with Gasteiger partial charge in [-0.15, -0.1) is 0 Å². The molecule has 1 aliphatic heterocycles. The lowest BCUT2D eigenvalue weighted by Gasteiger charge is -2.24. The van der Waals surface area contributed by atoms with Crippen molar-refractivity contribution in [1.82, 2.24) is 10.6 Å². The minimum absolute atomic E-state index is 0.0127. The summed E-state index contributed by atoms with van der Waals surface area (Å²) >= 11 is 0. The Morgan fingerprint density at radius 3 is 2.60 bits per heavy atom. The molecule has 2 N–H and O–H groups in total. The van der Waals surface area contributed by atoms with Gasteiger partial charge in [0.25, 0.3) is 0 Å². The maximum atomic E-state index is 12.5. The minimum Gasteiger partial charge on any atom is -0.457 e. The van der Waals surface area contributed by atoms with E-state index in [1.54, 1.807) is 0 Å². The summed E-state index contributed by atoms with van der Waals surface area (Å²) in [6, 6.07) is 17.0. The van der Waals surface area contributed by atoms with E-state index in [0.29, 0.717) is 19.4 Å². The van der Waals surface area contributed by atoms with E-state index in [4.69, 9.17) is 4.74 Å². The third kappa shape index (κ3) is 4.38. The van der Waals surface area contributed by atoms with Gasteiger partial charge in [0.05, 0.1) is 12.0 Å². The molecule has 0 unspecified atom stereocenters. The highest BCUT2D eigenvalue weighted by Crippen LogP contribution is 2.29. The average Bonchev–Trinajstić information content (AvgIpc) is 2.63. The van der Waals surface area contributed by atoms with E-state index in [0.717, 1.165) is 17.1 Å². The molecule has 1 fully saturated rings. The van der Waals surface area contributed by atoms with Gasteiger partial charge >= 0.3 is 0 Å². The first-order chi connectivity index (χ1) is 12.1. The summed E-state index contributed by atoms with van der Waals surface area (Å²) in [5.41, 5.74) is 0.916. The SMILES string of the molecule is C[C@H](NC(=O)[C@@H]1CCC(=O)NC1)c1ccccc1Oc1ccccc1. The molecule has 0 aliphatic carbocycles. The fourth-order valence-corrected chi connectivity index (χ4v) is 2.91. The van der Waals surface area contributed by atoms with E-state index in [9.17, 15) is 9.59 Å². The molecule has 5 heteroatoms. The van der Waals surface area contributed by atoms with Crippen molar-refractivity contribution in [3.05, 3.63) is 60.2 Å². The predicted molar refractivity (Wildman–Crippen MR) is 95.2 cm³/mol. The number of nitrogens with one attached hydrogen (secondary N) is 2. The molecule has 1 saturated heterocycles.